The van der Waals surface area contributed by atoms with Gasteiger partial charge >= 0.3 is 0 Å². The number of likely N-dealkylation sites (N-methyl/N-ethyl adjacent to an activating group) is 1. The maximum Gasteiger partial charge on any atom is 0.0489 e. The van der Waals surface area contributed by atoms with Crippen LogP contribution in [0, 0.1) is 0 Å². The highest BCUT2D eigenvalue weighted by atomic mass is 15.1. The van der Waals surface area contributed by atoms with E-state index >= 15 is 0 Å². The Morgan fingerprint density at radius 1 is 1.30 bits per heavy atom. The quantitative estimate of drug-likeness (QED) is 0.876. The molecule has 1 saturated heterocycles. The maximum absolute atomic E-state index is 3.57. The number of rotatable bonds is 5. The van der Waals surface area contributed by atoms with E-state index in [-0.39, 0.29) is 0 Å². The first kappa shape index (κ1) is 13.7. The number of aryl methyl sites for hydroxylation is 1. The van der Waals surface area contributed by atoms with E-state index in [4.69, 9.17) is 0 Å². The second kappa shape index (κ2) is 5.98. The Hall–Kier alpha value is -1.32. The van der Waals surface area contributed by atoms with Crippen LogP contribution in [0.3, 0.4) is 0 Å². The first-order valence-electron chi connectivity index (χ1n) is 7.77. The Bertz CT molecular complexity index is 567. The van der Waals surface area contributed by atoms with Gasteiger partial charge in [-0.2, -0.15) is 0 Å². The highest BCUT2D eigenvalue weighted by molar-refractivity contribution is 5.86. The molecule has 108 valence electrons. The number of para-hydroxylation sites is 1. The van der Waals surface area contributed by atoms with E-state index in [1.807, 2.05) is 0 Å². The van der Waals surface area contributed by atoms with Crippen LogP contribution in [-0.2, 0) is 13.0 Å². The first-order valence-corrected chi connectivity index (χ1v) is 7.77. The third-order valence-corrected chi connectivity index (χ3v) is 4.40. The zero-order valence-electron chi connectivity index (χ0n) is 12.6. The van der Waals surface area contributed by atoms with Crippen molar-refractivity contribution in [2.24, 2.45) is 0 Å². The van der Waals surface area contributed by atoms with E-state index in [0.717, 1.165) is 19.5 Å². The molecule has 3 nitrogen and oxygen atoms in total. The van der Waals surface area contributed by atoms with Gasteiger partial charge in [-0.25, -0.2) is 0 Å². The number of aromatic amines is 1. The summed E-state index contributed by atoms with van der Waals surface area (Å²) in [5, 5.41) is 4.96. The summed E-state index contributed by atoms with van der Waals surface area (Å²) in [6.07, 6.45) is 5.91. The minimum Gasteiger partial charge on any atom is -0.361 e. The monoisotopic (exact) mass is 271 g/mol. The SMILES string of the molecule is CCc1cccc2c(CN(C)CC3CCCN3)c[nH]c12. The van der Waals surface area contributed by atoms with Gasteiger partial charge in [-0.15, -0.1) is 0 Å². The molecule has 1 unspecified atom stereocenters. The average Bonchev–Trinajstić information content (AvgIpc) is 3.09. The van der Waals surface area contributed by atoms with Gasteiger partial charge in [-0.05, 0) is 44.0 Å². The molecule has 20 heavy (non-hydrogen) atoms. The Morgan fingerprint density at radius 2 is 2.20 bits per heavy atom. The van der Waals surface area contributed by atoms with Gasteiger partial charge in [-0.3, -0.25) is 0 Å². The van der Waals surface area contributed by atoms with Crippen molar-refractivity contribution in [3.05, 3.63) is 35.5 Å². The molecule has 3 heteroatoms. The number of benzene rings is 1. The van der Waals surface area contributed by atoms with E-state index in [9.17, 15) is 0 Å². The molecule has 0 aliphatic carbocycles. The van der Waals surface area contributed by atoms with Crippen LogP contribution >= 0.6 is 0 Å². The Balaban J connectivity index is 1.73. The standard InChI is InChI=1S/C17H25N3/c1-3-13-6-4-8-16-14(10-19-17(13)16)11-20(2)12-15-7-5-9-18-15/h4,6,8,10,15,18-19H,3,5,7,9,11-12H2,1-2H3. The second-order valence-electron chi connectivity index (χ2n) is 6.00. The zero-order chi connectivity index (χ0) is 13.9. The topological polar surface area (TPSA) is 31.1 Å². The lowest BCUT2D eigenvalue weighted by molar-refractivity contribution is 0.294. The molecule has 0 spiro atoms. The predicted molar refractivity (Wildman–Crippen MR) is 85.0 cm³/mol. The summed E-state index contributed by atoms with van der Waals surface area (Å²) < 4.78 is 0. The Kier molecular flexibility index (Phi) is 4.08. The summed E-state index contributed by atoms with van der Waals surface area (Å²) in [5.41, 5.74) is 4.14. The number of fused-ring (bicyclic) bond motifs is 1. The molecule has 1 atom stereocenters. The fourth-order valence-corrected chi connectivity index (χ4v) is 3.34. The second-order valence-corrected chi connectivity index (χ2v) is 6.00. The molecule has 2 N–H and O–H groups in total. The molecular formula is C17H25N3. The van der Waals surface area contributed by atoms with Crippen molar-refractivity contribution in [3.8, 4) is 0 Å². The van der Waals surface area contributed by atoms with Crippen LogP contribution in [0.1, 0.15) is 30.9 Å². The van der Waals surface area contributed by atoms with Crippen molar-refractivity contribution >= 4 is 10.9 Å². The number of nitrogens with zero attached hydrogens (tertiary/aromatic N) is 1. The molecule has 0 amide bonds. The third-order valence-electron chi connectivity index (χ3n) is 4.40. The predicted octanol–water partition coefficient (Wildman–Crippen LogP) is 2.91. The molecule has 3 rings (SSSR count). The van der Waals surface area contributed by atoms with Crippen molar-refractivity contribution in [1.29, 1.82) is 0 Å². The molecule has 1 fully saturated rings. The average molecular weight is 271 g/mol. The van der Waals surface area contributed by atoms with Crippen LogP contribution in [0.15, 0.2) is 24.4 Å². The van der Waals surface area contributed by atoms with Crippen LogP contribution in [0.2, 0.25) is 0 Å². The number of H-pyrrole nitrogens is 1. The van der Waals surface area contributed by atoms with Crippen LogP contribution in [0.4, 0.5) is 0 Å². The molecule has 0 bridgehead atoms. The highest BCUT2D eigenvalue weighted by Gasteiger charge is 2.16. The van der Waals surface area contributed by atoms with E-state index in [2.05, 4.69) is 53.6 Å². The van der Waals surface area contributed by atoms with Crippen molar-refractivity contribution in [3.63, 3.8) is 0 Å². The molecule has 0 radical (unpaired) electrons. The summed E-state index contributed by atoms with van der Waals surface area (Å²) in [4.78, 5) is 5.90. The lowest BCUT2D eigenvalue weighted by atomic mass is 10.1. The van der Waals surface area contributed by atoms with Crippen molar-refractivity contribution in [2.75, 3.05) is 20.1 Å². The van der Waals surface area contributed by atoms with E-state index in [1.165, 1.54) is 41.4 Å². The van der Waals surface area contributed by atoms with Gasteiger partial charge in [0.1, 0.15) is 0 Å². The molecule has 1 aliphatic heterocycles. The number of nitrogens with one attached hydrogen (secondary N) is 2. The highest BCUT2D eigenvalue weighted by Crippen LogP contribution is 2.23. The minimum absolute atomic E-state index is 0.677. The van der Waals surface area contributed by atoms with E-state index in [0.29, 0.717) is 6.04 Å². The number of hydrogen-bond donors (Lipinski definition) is 2. The lowest BCUT2D eigenvalue weighted by Gasteiger charge is -2.20. The number of hydrogen-bond acceptors (Lipinski definition) is 2. The van der Waals surface area contributed by atoms with Gasteiger partial charge in [0.25, 0.3) is 0 Å². The summed E-state index contributed by atoms with van der Waals surface area (Å²) in [6, 6.07) is 7.31. The van der Waals surface area contributed by atoms with E-state index in [1.54, 1.807) is 0 Å². The molecule has 2 aromatic rings. The van der Waals surface area contributed by atoms with Crippen molar-refractivity contribution in [2.45, 2.75) is 38.8 Å². The van der Waals surface area contributed by atoms with Gasteiger partial charge in [0, 0.05) is 36.2 Å². The maximum atomic E-state index is 3.57. The molecule has 1 aliphatic rings. The number of aromatic nitrogens is 1. The van der Waals surface area contributed by atoms with Crippen molar-refractivity contribution < 1.29 is 0 Å². The van der Waals surface area contributed by atoms with E-state index < -0.39 is 0 Å². The zero-order valence-corrected chi connectivity index (χ0v) is 12.6. The molecular weight excluding hydrogens is 246 g/mol. The van der Waals surface area contributed by atoms with Gasteiger partial charge in [0.2, 0.25) is 0 Å². The van der Waals surface area contributed by atoms with Crippen molar-refractivity contribution in [1.82, 2.24) is 15.2 Å². The van der Waals surface area contributed by atoms with Gasteiger partial charge in [0.15, 0.2) is 0 Å². The fourth-order valence-electron chi connectivity index (χ4n) is 3.34. The van der Waals surface area contributed by atoms with Crippen LogP contribution in [0.25, 0.3) is 10.9 Å². The van der Waals surface area contributed by atoms with Gasteiger partial charge < -0.3 is 15.2 Å². The lowest BCUT2D eigenvalue weighted by Crippen LogP contribution is -2.34. The van der Waals surface area contributed by atoms with Gasteiger partial charge in [0.05, 0.1) is 0 Å². The molecule has 2 heterocycles. The first-order chi connectivity index (χ1) is 9.78. The fraction of sp³-hybridized carbons (Fsp3) is 0.529. The molecule has 1 aromatic heterocycles. The summed E-state index contributed by atoms with van der Waals surface area (Å²) >= 11 is 0. The minimum atomic E-state index is 0.677. The van der Waals surface area contributed by atoms with Crippen LogP contribution in [0.5, 0.6) is 0 Å². The van der Waals surface area contributed by atoms with Crippen LogP contribution < -0.4 is 5.32 Å². The van der Waals surface area contributed by atoms with Gasteiger partial charge in [-0.1, -0.05) is 25.1 Å². The normalized spacial score (nSPS) is 19.2. The smallest absolute Gasteiger partial charge is 0.0489 e. The largest absolute Gasteiger partial charge is 0.361 e. The Morgan fingerprint density at radius 3 is 2.95 bits per heavy atom. The molecule has 1 aromatic carbocycles. The Labute approximate surface area is 121 Å². The van der Waals surface area contributed by atoms with Crippen LogP contribution in [-0.4, -0.2) is 36.1 Å². The summed E-state index contributed by atoms with van der Waals surface area (Å²) in [5.74, 6) is 0. The summed E-state index contributed by atoms with van der Waals surface area (Å²) in [6.45, 7) is 5.56. The summed E-state index contributed by atoms with van der Waals surface area (Å²) in [7, 11) is 2.22. The molecule has 0 saturated carbocycles. The third kappa shape index (κ3) is 2.74.